The number of alkyl halides is 3. The molecule has 2 aromatic rings. The quantitative estimate of drug-likeness (QED) is 0.434. The number of aromatic nitrogens is 2. The van der Waals surface area contributed by atoms with Crippen LogP contribution in [0.5, 0.6) is 5.75 Å². The van der Waals surface area contributed by atoms with Gasteiger partial charge >= 0.3 is 12.2 Å². The van der Waals surface area contributed by atoms with Crippen LogP contribution < -0.4 is 18.5 Å². The van der Waals surface area contributed by atoms with Gasteiger partial charge in [-0.25, -0.2) is 12.9 Å². The summed E-state index contributed by atoms with van der Waals surface area (Å²) >= 11 is 1.71. The summed E-state index contributed by atoms with van der Waals surface area (Å²) in [6, 6.07) is 2.38. The molecule has 3 rings (SSSR count). The largest absolute Gasteiger partial charge is 0.491 e. The zero-order chi connectivity index (χ0) is 21.7. The fraction of sp³-hybridized carbons (Fsp3) is 0.421. The molecule has 2 amide bonds. The molecule has 1 aromatic heterocycles. The van der Waals surface area contributed by atoms with Gasteiger partial charge in [0.1, 0.15) is 5.75 Å². The van der Waals surface area contributed by atoms with E-state index in [2.05, 4.69) is 20.6 Å². The lowest BCUT2D eigenvalue weighted by molar-refractivity contribution is -0.137. The molecule has 1 fully saturated rings. The summed E-state index contributed by atoms with van der Waals surface area (Å²) in [5.74, 6) is 0.691. The highest BCUT2D eigenvalue weighted by molar-refractivity contribution is 14.1. The lowest BCUT2D eigenvalue weighted by Gasteiger charge is -2.24. The highest BCUT2D eigenvalue weighted by Crippen LogP contribution is 2.35. The molecule has 1 aliphatic rings. The highest BCUT2D eigenvalue weighted by Gasteiger charge is 2.32. The molecule has 1 unspecified atom stereocenters. The Kier molecular flexibility index (Phi) is 7.34. The molecule has 2 N–H and O–H groups in total. The summed E-state index contributed by atoms with van der Waals surface area (Å²) in [6.07, 6.45) is 0.346. The van der Waals surface area contributed by atoms with E-state index in [1.807, 2.05) is 0 Å². The Morgan fingerprint density at radius 1 is 1.37 bits per heavy atom. The van der Waals surface area contributed by atoms with Crippen LogP contribution in [-0.2, 0) is 6.18 Å². The molecule has 1 aliphatic heterocycles. The van der Waals surface area contributed by atoms with Crippen molar-refractivity contribution in [2.45, 2.75) is 25.9 Å². The number of amides is 2. The van der Waals surface area contributed by atoms with Crippen molar-refractivity contribution in [3.05, 3.63) is 41.9 Å². The van der Waals surface area contributed by atoms with Crippen LogP contribution in [0, 0.1) is 12.8 Å². The van der Waals surface area contributed by atoms with Crippen LogP contribution in [0.15, 0.2) is 30.6 Å². The van der Waals surface area contributed by atoms with E-state index in [4.69, 9.17) is 4.74 Å². The third-order valence-corrected chi connectivity index (χ3v) is 5.50. The molecule has 0 aliphatic carbocycles. The average Bonchev–Trinajstić information content (AvgIpc) is 2.73. The van der Waals surface area contributed by atoms with Crippen LogP contribution >= 0.6 is 22.9 Å². The topological polar surface area (TPSA) is 79.4 Å². The Labute approximate surface area is 185 Å². The molecule has 1 aromatic carbocycles. The molecule has 1 atom stereocenters. The van der Waals surface area contributed by atoms with E-state index in [9.17, 15) is 18.0 Å². The van der Waals surface area contributed by atoms with E-state index in [0.717, 1.165) is 41.2 Å². The van der Waals surface area contributed by atoms with Crippen molar-refractivity contribution in [2.24, 2.45) is 5.92 Å². The molecule has 162 valence electrons. The maximum absolute atomic E-state index is 13.2. The van der Waals surface area contributed by atoms with Crippen LogP contribution in [0.2, 0.25) is 0 Å². The first-order valence-corrected chi connectivity index (χ1v) is 10.3. The molecule has 0 saturated carbocycles. The second kappa shape index (κ2) is 9.77. The van der Waals surface area contributed by atoms with Gasteiger partial charge in [0.2, 0.25) is 0 Å². The Morgan fingerprint density at radius 2 is 2.17 bits per heavy atom. The minimum atomic E-state index is -4.54. The normalized spacial score (nSPS) is 16.8. The fourth-order valence-corrected chi connectivity index (χ4v) is 3.33. The Bertz CT molecular complexity index is 873. The van der Waals surface area contributed by atoms with Crippen molar-refractivity contribution < 1.29 is 22.7 Å². The number of urea groups is 1. The van der Waals surface area contributed by atoms with E-state index in [1.54, 1.807) is 29.8 Å². The lowest BCUT2D eigenvalue weighted by Crippen LogP contribution is -2.33. The van der Waals surface area contributed by atoms with Gasteiger partial charge in [0, 0.05) is 12.5 Å². The van der Waals surface area contributed by atoms with Gasteiger partial charge in [-0.2, -0.15) is 13.2 Å². The number of hydrogen-bond acceptors (Lipinski definition) is 5. The molecular weight excluding hydrogens is 514 g/mol. The molecule has 0 radical (unpaired) electrons. The van der Waals surface area contributed by atoms with Gasteiger partial charge in [-0.15, -0.1) is 0 Å². The number of halogens is 4. The third kappa shape index (κ3) is 5.94. The molecule has 11 heteroatoms. The van der Waals surface area contributed by atoms with Crippen molar-refractivity contribution in [3.8, 4) is 5.75 Å². The zero-order valence-corrected chi connectivity index (χ0v) is 18.3. The summed E-state index contributed by atoms with van der Waals surface area (Å²) < 4.78 is 46.5. The molecule has 1 saturated heterocycles. The number of carbonyl (C=O) groups excluding carboxylic acids is 1. The van der Waals surface area contributed by atoms with Gasteiger partial charge in [-0.1, -0.05) is 0 Å². The number of nitrogens with zero attached hydrogens (tertiary/aromatic N) is 3. The van der Waals surface area contributed by atoms with Crippen LogP contribution in [0.1, 0.15) is 24.1 Å². The number of benzene rings is 1. The van der Waals surface area contributed by atoms with Gasteiger partial charge in [0.05, 0.1) is 58.8 Å². The van der Waals surface area contributed by atoms with Crippen LogP contribution in [0.25, 0.3) is 0 Å². The highest BCUT2D eigenvalue weighted by atomic mass is 127. The Balaban J connectivity index is 1.78. The number of ether oxygens (including phenoxy) is 1. The van der Waals surface area contributed by atoms with Crippen LogP contribution in [0.3, 0.4) is 0 Å². The minimum Gasteiger partial charge on any atom is -0.491 e. The van der Waals surface area contributed by atoms with Crippen LogP contribution in [-0.4, -0.2) is 35.7 Å². The summed E-state index contributed by atoms with van der Waals surface area (Å²) in [5.41, 5.74) is -0.255. The molecular formula is C19H21F3IN5O2. The van der Waals surface area contributed by atoms with Gasteiger partial charge in [-0.05, 0) is 44.5 Å². The smallest absolute Gasteiger partial charge is 0.416 e. The predicted octanol–water partition coefficient (Wildman–Crippen LogP) is 4.57. The average molecular weight is 535 g/mol. The Hall–Kier alpha value is -2.15. The first kappa shape index (κ1) is 22.5. The van der Waals surface area contributed by atoms with Crippen molar-refractivity contribution in [1.29, 1.82) is 0 Å². The number of carbonyl (C=O) groups is 1. The summed E-state index contributed by atoms with van der Waals surface area (Å²) in [7, 11) is 0. The van der Waals surface area contributed by atoms with E-state index in [1.165, 1.54) is 18.5 Å². The zero-order valence-electron chi connectivity index (χ0n) is 16.2. The Morgan fingerprint density at radius 3 is 2.80 bits per heavy atom. The number of rotatable bonds is 5. The second-order valence-corrected chi connectivity index (χ2v) is 7.92. The maximum Gasteiger partial charge on any atom is 0.416 e. The van der Waals surface area contributed by atoms with Crippen LogP contribution in [0.4, 0.5) is 29.5 Å². The molecule has 0 bridgehead atoms. The van der Waals surface area contributed by atoms with Gasteiger partial charge in [-0.3, -0.25) is 4.98 Å². The van der Waals surface area contributed by atoms with Crippen molar-refractivity contribution >= 4 is 40.4 Å². The van der Waals surface area contributed by atoms with Crippen molar-refractivity contribution in [2.75, 3.05) is 28.1 Å². The predicted molar refractivity (Wildman–Crippen MR) is 115 cm³/mol. The first-order valence-electron chi connectivity index (χ1n) is 9.34. The van der Waals surface area contributed by atoms with Crippen molar-refractivity contribution in [1.82, 2.24) is 15.3 Å². The van der Waals surface area contributed by atoms with Gasteiger partial charge in [0.15, 0.2) is 5.82 Å². The molecule has 30 heavy (non-hydrogen) atoms. The number of piperidine rings is 1. The second-order valence-electron chi connectivity index (χ2n) is 6.96. The van der Waals surface area contributed by atoms with E-state index in [0.29, 0.717) is 12.3 Å². The SMILES string of the molecule is Cc1cnc(N(I)C(=O)Nc2cc(C(F)(F)F)ccc2OCC2CCCNC2)cn1. The van der Waals surface area contributed by atoms with Gasteiger partial charge in [0.25, 0.3) is 0 Å². The number of anilines is 2. The number of hydrogen-bond donors (Lipinski definition) is 2. The lowest BCUT2D eigenvalue weighted by atomic mass is 10.0. The fourth-order valence-electron chi connectivity index (χ4n) is 2.96. The molecule has 2 heterocycles. The summed E-state index contributed by atoms with van der Waals surface area (Å²) in [5, 5.41) is 5.76. The molecule has 7 nitrogen and oxygen atoms in total. The molecule has 0 spiro atoms. The van der Waals surface area contributed by atoms with Crippen molar-refractivity contribution in [3.63, 3.8) is 0 Å². The summed E-state index contributed by atoms with van der Waals surface area (Å²) in [4.78, 5) is 20.8. The van der Waals surface area contributed by atoms with Gasteiger partial charge < -0.3 is 15.4 Å². The first-order chi connectivity index (χ1) is 14.2. The third-order valence-electron chi connectivity index (χ3n) is 4.57. The minimum absolute atomic E-state index is 0.0552. The number of nitrogens with one attached hydrogen (secondary N) is 2. The maximum atomic E-state index is 13.2. The monoisotopic (exact) mass is 535 g/mol. The number of aryl methyl sites for hydroxylation is 1. The summed E-state index contributed by atoms with van der Waals surface area (Å²) in [6.45, 7) is 3.84. The van der Waals surface area contributed by atoms with E-state index < -0.39 is 17.8 Å². The standard InChI is InChI=1S/C19H21F3IN5O2/c1-12-8-26-17(10-25-12)28(23)18(29)27-15-7-14(19(20,21)22)4-5-16(15)30-11-13-3-2-6-24-9-13/h4-5,7-8,10,13,24H,2-3,6,9,11H2,1H3,(H,27,29). The van der Waals surface area contributed by atoms with E-state index >= 15 is 0 Å². The van der Waals surface area contributed by atoms with E-state index in [-0.39, 0.29) is 23.2 Å².